The summed E-state index contributed by atoms with van der Waals surface area (Å²) in [7, 11) is -3.96. The number of nitro groups is 1. The van der Waals surface area contributed by atoms with Gasteiger partial charge in [-0.25, -0.2) is 13.4 Å². The second-order valence-corrected chi connectivity index (χ2v) is 5.75. The fraction of sp³-hybridized carbons (Fsp3) is 0. The molecule has 0 saturated heterocycles. The molecule has 1 heterocycles. The maximum atomic E-state index is 12.1. The van der Waals surface area contributed by atoms with E-state index in [2.05, 4.69) is 9.71 Å². The fourth-order valence-corrected chi connectivity index (χ4v) is 2.62. The van der Waals surface area contributed by atoms with Crippen molar-refractivity contribution in [3.63, 3.8) is 0 Å². The van der Waals surface area contributed by atoms with Gasteiger partial charge in [-0.15, -0.1) is 0 Å². The maximum Gasteiger partial charge on any atom is 0.312 e. The lowest BCUT2D eigenvalue weighted by molar-refractivity contribution is -0.384. The van der Waals surface area contributed by atoms with E-state index >= 15 is 0 Å². The first kappa shape index (κ1) is 14.2. The largest absolute Gasteiger partial charge is 0.312 e. The third kappa shape index (κ3) is 3.03. The lowest BCUT2D eigenvalue weighted by Gasteiger charge is -2.07. The van der Waals surface area contributed by atoms with Gasteiger partial charge in [0.1, 0.15) is 5.15 Å². The highest BCUT2D eigenvalue weighted by Crippen LogP contribution is 2.26. The summed E-state index contributed by atoms with van der Waals surface area (Å²) in [6, 6.07) is 9.73. The first-order valence-electron chi connectivity index (χ1n) is 5.29. The summed E-state index contributed by atoms with van der Waals surface area (Å²) in [4.78, 5) is 13.7. The first-order chi connectivity index (χ1) is 9.40. The summed E-state index contributed by atoms with van der Waals surface area (Å²) in [6.07, 6.45) is 0. The summed E-state index contributed by atoms with van der Waals surface area (Å²) >= 11 is 5.63. The van der Waals surface area contributed by atoms with E-state index in [0.29, 0.717) is 0 Å². The second kappa shape index (κ2) is 5.43. The van der Waals surface area contributed by atoms with Gasteiger partial charge in [0.25, 0.3) is 10.0 Å². The van der Waals surface area contributed by atoms with E-state index in [0.717, 1.165) is 6.07 Å². The molecule has 0 amide bonds. The molecule has 0 aliphatic carbocycles. The van der Waals surface area contributed by atoms with Crippen molar-refractivity contribution in [3.05, 3.63) is 57.7 Å². The molecule has 2 rings (SSSR count). The Morgan fingerprint density at radius 3 is 2.40 bits per heavy atom. The number of hydrogen-bond donors (Lipinski definition) is 1. The van der Waals surface area contributed by atoms with Crippen molar-refractivity contribution in [2.24, 2.45) is 0 Å². The van der Waals surface area contributed by atoms with Crippen LogP contribution in [0.5, 0.6) is 0 Å². The van der Waals surface area contributed by atoms with Gasteiger partial charge in [0.2, 0.25) is 5.82 Å². The Morgan fingerprint density at radius 1 is 1.15 bits per heavy atom. The lowest BCUT2D eigenvalue weighted by atomic mass is 10.4. The molecule has 0 aliphatic heterocycles. The number of nitrogens with zero attached hydrogens (tertiary/aromatic N) is 2. The van der Waals surface area contributed by atoms with Crippen LogP contribution < -0.4 is 4.72 Å². The Bertz CT molecular complexity index is 750. The quantitative estimate of drug-likeness (QED) is 0.530. The molecule has 1 N–H and O–H groups in total. The van der Waals surface area contributed by atoms with Gasteiger partial charge in [0.05, 0.1) is 9.82 Å². The molecule has 9 heteroatoms. The predicted octanol–water partition coefficient (Wildman–Crippen LogP) is 2.44. The van der Waals surface area contributed by atoms with E-state index in [4.69, 9.17) is 11.6 Å². The van der Waals surface area contributed by atoms with Crippen LogP contribution in [0.3, 0.4) is 0 Å². The number of nitrogens with one attached hydrogen (secondary N) is 1. The average Bonchev–Trinajstić information content (AvgIpc) is 2.39. The highest BCUT2D eigenvalue weighted by atomic mass is 35.5. The van der Waals surface area contributed by atoms with Gasteiger partial charge >= 0.3 is 5.69 Å². The van der Waals surface area contributed by atoms with E-state index < -0.39 is 26.5 Å². The predicted molar refractivity (Wildman–Crippen MR) is 73.2 cm³/mol. The van der Waals surface area contributed by atoms with Crippen LogP contribution in [0.1, 0.15) is 0 Å². The van der Waals surface area contributed by atoms with E-state index in [-0.39, 0.29) is 10.0 Å². The van der Waals surface area contributed by atoms with Gasteiger partial charge in [-0.3, -0.25) is 14.8 Å². The highest BCUT2D eigenvalue weighted by molar-refractivity contribution is 7.92. The molecule has 1 aromatic heterocycles. The fourth-order valence-electron chi connectivity index (χ4n) is 1.44. The molecule has 0 bridgehead atoms. The van der Waals surface area contributed by atoms with Crippen LogP contribution >= 0.6 is 11.6 Å². The van der Waals surface area contributed by atoms with Crippen LogP contribution in [0.25, 0.3) is 0 Å². The number of pyridine rings is 1. The third-order valence-corrected chi connectivity index (χ3v) is 3.89. The summed E-state index contributed by atoms with van der Waals surface area (Å²) in [5, 5.41) is 10.8. The summed E-state index contributed by atoms with van der Waals surface area (Å²) in [5.74, 6) is -0.425. The Hall–Kier alpha value is -2.19. The van der Waals surface area contributed by atoms with Gasteiger partial charge in [0, 0.05) is 6.07 Å². The van der Waals surface area contributed by atoms with Crippen molar-refractivity contribution < 1.29 is 13.3 Å². The second-order valence-electron chi connectivity index (χ2n) is 3.68. The monoisotopic (exact) mass is 313 g/mol. The zero-order chi connectivity index (χ0) is 14.8. The first-order valence-corrected chi connectivity index (χ1v) is 7.15. The number of anilines is 1. The van der Waals surface area contributed by atoms with Crippen LogP contribution in [-0.2, 0) is 10.0 Å². The number of aromatic nitrogens is 1. The SMILES string of the molecule is O=[N+]([O-])c1ccc(Cl)nc1NS(=O)(=O)c1ccccc1. The Balaban J connectivity index is 2.44. The molecule has 7 nitrogen and oxygen atoms in total. The van der Waals surface area contributed by atoms with Gasteiger partial charge in [0.15, 0.2) is 0 Å². The molecule has 20 heavy (non-hydrogen) atoms. The van der Waals surface area contributed by atoms with Crippen LogP contribution in [0.15, 0.2) is 47.4 Å². The van der Waals surface area contributed by atoms with Crippen molar-refractivity contribution in [2.45, 2.75) is 4.90 Å². The van der Waals surface area contributed by atoms with E-state index in [1.807, 2.05) is 0 Å². The summed E-state index contributed by atoms with van der Waals surface area (Å²) in [6.45, 7) is 0. The summed E-state index contributed by atoms with van der Waals surface area (Å²) in [5.41, 5.74) is -0.478. The number of halogens is 1. The molecule has 0 spiro atoms. The smallest absolute Gasteiger partial charge is 0.258 e. The highest BCUT2D eigenvalue weighted by Gasteiger charge is 2.22. The molecule has 0 unspecified atom stereocenters. The zero-order valence-corrected chi connectivity index (χ0v) is 11.4. The number of benzene rings is 1. The van der Waals surface area contributed by atoms with Crippen molar-refractivity contribution >= 4 is 33.1 Å². The van der Waals surface area contributed by atoms with Crippen LogP contribution in [0.2, 0.25) is 5.15 Å². The molecule has 0 aliphatic rings. The molecule has 0 atom stereocenters. The van der Waals surface area contributed by atoms with Gasteiger partial charge in [-0.1, -0.05) is 29.8 Å². The topological polar surface area (TPSA) is 102 Å². The molecule has 0 radical (unpaired) electrons. The average molecular weight is 314 g/mol. The lowest BCUT2D eigenvalue weighted by Crippen LogP contribution is -2.15. The normalized spacial score (nSPS) is 11.1. The third-order valence-electron chi connectivity index (χ3n) is 2.32. The number of hydrogen-bond acceptors (Lipinski definition) is 5. The standard InChI is InChI=1S/C11H8ClN3O4S/c12-10-7-6-9(15(16)17)11(13-10)14-20(18,19)8-4-2-1-3-5-8/h1-7H,(H,13,14). The molecular weight excluding hydrogens is 306 g/mol. The van der Waals surface area contributed by atoms with Crippen LogP contribution in [-0.4, -0.2) is 18.3 Å². The van der Waals surface area contributed by atoms with Crippen LogP contribution in [0, 0.1) is 10.1 Å². The number of rotatable bonds is 4. The minimum Gasteiger partial charge on any atom is -0.258 e. The minimum absolute atomic E-state index is 0.0314. The van der Waals surface area contributed by atoms with Crippen molar-refractivity contribution in [1.82, 2.24) is 4.98 Å². The molecule has 0 saturated carbocycles. The van der Waals surface area contributed by atoms with E-state index in [1.165, 1.54) is 30.3 Å². The Morgan fingerprint density at radius 2 is 1.80 bits per heavy atom. The van der Waals surface area contributed by atoms with E-state index in [9.17, 15) is 18.5 Å². The molecule has 2 aromatic rings. The zero-order valence-electron chi connectivity index (χ0n) is 9.86. The molecule has 1 aromatic carbocycles. The minimum atomic E-state index is -3.96. The van der Waals surface area contributed by atoms with Gasteiger partial charge in [-0.05, 0) is 18.2 Å². The van der Waals surface area contributed by atoms with Crippen molar-refractivity contribution in [2.75, 3.05) is 4.72 Å². The van der Waals surface area contributed by atoms with Crippen LogP contribution in [0.4, 0.5) is 11.5 Å². The van der Waals surface area contributed by atoms with Crippen molar-refractivity contribution in [1.29, 1.82) is 0 Å². The number of sulfonamides is 1. The maximum absolute atomic E-state index is 12.1. The Labute approximate surface area is 119 Å². The molecule has 0 fully saturated rings. The molecule has 104 valence electrons. The van der Waals surface area contributed by atoms with Gasteiger partial charge < -0.3 is 0 Å². The van der Waals surface area contributed by atoms with E-state index in [1.54, 1.807) is 6.07 Å². The molecular formula is C11H8ClN3O4S. The van der Waals surface area contributed by atoms with Crippen molar-refractivity contribution in [3.8, 4) is 0 Å². The summed E-state index contributed by atoms with van der Waals surface area (Å²) < 4.78 is 26.2. The Kier molecular flexibility index (Phi) is 3.86. The van der Waals surface area contributed by atoms with Gasteiger partial charge in [-0.2, -0.15) is 0 Å².